The molecule has 0 aliphatic carbocycles. The Labute approximate surface area is 238 Å². The van der Waals surface area contributed by atoms with E-state index in [2.05, 4.69) is 0 Å². The molecule has 42 heavy (non-hydrogen) atoms. The molecule has 0 aromatic heterocycles. The maximum absolute atomic E-state index is 12.8. The molecule has 11 atom stereocenters. The molecule has 2 saturated heterocycles. The van der Waals surface area contributed by atoms with Crippen molar-refractivity contribution in [3.8, 4) is 28.7 Å². The van der Waals surface area contributed by atoms with Gasteiger partial charge in [-0.25, -0.2) is 0 Å². The van der Waals surface area contributed by atoms with Crippen molar-refractivity contribution in [3.63, 3.8) is 0 Å². The number of carbonyl (C=O) groups is 1. The second kappa shape index (κ2) is 11.8. The molecule has 230 valence electrons. The first-order valence-corrected chi connectivity index (χ1v) is 13.1. The number of carbonyl (C=O) groups excluding carboxylic acids is 1. The van der Waals surface area contributed by atoms with Gasteiger partial charge in [-0.2, -0.15) is 0 Å². The van der Waals surface area contributed by atoms with Crippen LogP contribution in [0.5, 0.6) is 28.7 Å². The number of ketones is 1. The maximum Gasteiger partial charge on any atom is 0.229 e. The van der Waals surface area contributed by atoms with Crippen LogP contribution < -0.4 is 9.47 Å². The Bertz CT molecular complexity index is 1300. The summed E-state index contributed by atoms with van der Waals surface area (Å²) in [7, 11) is 0. The molecule has 0 bridgehead atoms. The largest absolute Gasteiger partial charge is 0.508 e. The van der Waals surface area contributed by atoms with Crippen LogP contribution >= 0.6 is 0 Å². The van der Waals surface area contributed by atoms with Crippen molar-refractivity contribution in [1.29, 1.82) is 0 Å². The Balaban J connectivity index is 1.31. The molecule has 0 spiro atoms. The van der Waals surface area contributed by atoms with Crippen LogP contribution in [0.4, 0.5) is 0 Å². The zero-order valence-electron chi connectivity index (χ0n) is 22.1. The van der Waals surface area contributed by atoms with Crippen molar-refractivity contribution in [3.05, 3.63) is 41.5 Å². The van der Waals surface area contributed by atoms with E-state index in [0.29, 0.717) is 0 Å². The van der Waals surface area contributed by atoms with Gasteiger partial charge in [0.2, 0.25) is 6.29 Å². The summed E-state index contributed by atoms with van der Waals surface area (Å²) in [6.07, 6.45) is -16.4. The van der Waals surface area contributed by atoms with Gasteiger partial charge < -0.3 is 69.6 Å². The average molecular weight is 597 g/mol. The minimum Gasteiger partial charge on any atom is -0.508 e. The van der Waals surface area contributed by atoms with E-state index in [1.807, 2.05) is 0 Å². The third-order valence-electron chi connectivity index (χ3n) is 7.49. The van der Waals surface area contributed by atoms with Gasteiger partial charge in [0.1, 0.15) is 83.1 Å². The van der Waals surface area contributed by atoms with Crippen LogP contribution in [-0.2, 0) is 14.2 Å². The first-order valence-electron chi connectivity index (χ1n) is 13.1. The highest BCUT2D eigenvalue weighted by molar-refractivity contribution is 6.02. The SMILES string of the molecule is C[C@@H]1O[C@@H](OC[C@H]2O[C@@H](Oc3cc(O)c4c(c3)O[C@H](c3cc(O)ccc3O)CC4=O)[C@H](O)[C@@H](O)[C@@H]2O)[C@H](O)[C@H](O)[C@H]1O. The predicted octanol–water partition coefficient (Wildman–Crippen LogP) is -1.46. The average Bonchev–Trinajstić information content (AvgIpc) is 2.94. The van der Waals surface area contributed by atoms with E-state index in [1.165, 1.54) is 31.2 Å². The number of benzene rings is 2. The van der Waals surface area contributed by atoms with Gasteiger partial charge in [0.05, 0.1) is 19.1 Å². The molecule has 0 unspecified atom stereocenters. The Hall–Kier alpha value is -3.25. The fourth-order valence-corrected chi connectivity index (χ4v) is 5.08. The number of phenols is 3. The van der Waals surface area contributed by atoms with Crippen molar-refractivity contribution in [1.82, 2.24) is 0 Å². The molecule has 0 radical (unpaired) electrons. The highest BCUT2D eigenvalue weighted by atomic mass is 16.7. The molecule has 2 aromatic carbocycles. The second-order valence-electron chi connectivity index (χ2n) is 10.4. The molecule has 15 nitrogen and oxygen atoms in total. The van der Waals surface area contributed by atoms with E-state index in [-0.39, 0.29) is 40.5 Å². The monoisotopic (exact) mass is 596 g/mol. The molecule has 0 saturated carbocycles. The molecular formula is C27H32O15. The summed E-state index contributed by atoms with van der Waals surface area (Å²) in [6.45, 7) is 0.941. The maximum atomic E-state index is 12.8. The summed E-state index contributed by atoms with van der Waals surface area (Å²) in [5.74, 6) is -1.72. The molecule has 3 aliphatic rings. The number of hydrogen-bond acceptors (Lipinski definition) is 15. The molecule has 9 N–H and O–H groups in total. The zero-order chi connectivity index (χ0) is 30.5. The van der Waals surface area contributed by atoms with Crippen molar-refractivity contribution < 1.29 is 74.4 Å². The number of aliphatic hydroxyl groups is 6. The predicted molar refractivity (Wildman–Crippen MR) is 136 cm³/mol. The zero-order valence-corrected chi connectivity index (χ0v) is 22.1. The second-order valence-corrected chi connectivity index (χ2v) is 10.4. The Kier molecular flexibility index (Phi) is 8.48. The van der Waals surface area contributed by atoms with E-state index >= 15 is 0 Å². The van der Waals surface area contributed by atoms with E-state index < -0.39 is 85.7 Å². The Morgan fingerprint density at radius 3 is 2.24 bits per heavy atom. The lowest BCUT2D eigenvalue weighted by Gasteiger charge is -2.42. The molecule has 3 heterocycles. The number of hydrogen-bond donors (Lipinski definition) is 9. The fraction of sp³-hybridized carbons (Fsp3) is 0.519. The highest BCUT2D eigenvalue weighted by Gasteiger charge is 2.47. The fourth-order valence-electron chi connectivity index (χ4n) is 5.08. The summed E-state index contributed by atoms with van der Waals surface area (Å²) in [4.78, 5) is 12.8. The number of Topliss-reactive ketones (excluding diaryl/α,β-unsaturated/α-hetero) is 1. The smallest absolute Gasteiger partial charge is 0.229 e. The van der Waals surface area contributed by atoms with Crippen LogP contribution in [-0.4, -0.2) is 120 Å². The molecule has 0 amide bonds. The minimum absolute atomic E-state index is 0.127. The first-order chi connectivity index (χ1) is 19.8. The number of phenolic OH excluding ortho intramolecular Hbond substituents is 3. The first kappa shape index (κ1) is 30.2. The van der Waals surface area contributed by atoms with Crippen LogP contribution in [0.2, 0.25) is 0 Å². The summed E-state index contributed by atoms with van der Waals surface area (Å²) >= 11 is 0. The van der Waals surface area contributed by atoms with Gasteiger partial charge in [0.25, 0.3) is 0 Å². The summed E-state index contributed by atoms with van der Waals surface area (Å²) in [6, 6.07) is 6.01. The number of ether oxygens (including phenoxy) is 5. The van der Waals surface area contributed by atoms with Crippen molar-refractivity contribution in [2.24, 2.45) is 0 Å². The Morgan fingerprint density at radius 1 is 0.810 bits per heavy atom. The number of aromatic hydroxyl groups is 3. The lowest BCUT2D eigenvalue weighted by atomic mass is 9.95. The van der Waals surface area contributed by atoms with E-state index in [1.54, 1.807) is 0 Å². The lowest BCUT2D eigenvalue weighted by Crippen LogP contribution is -2.61. The number of aliphatic hydroxyl groups excluding tert-OH is 6. The minimum atomic E-state index is -1.79. The van der Waals surface area contributed by atoms with Gasteiger partial charge in [0, 0.05) is 17.7 Å². The van der Waals surface area contributed by atoms with Crippen LogP contribution in [0.15, 0.2) is 30.3 Å². The molecule has 2 aromatic rings. The summed E-state index contributed by atoms with van der Waals surface area (Å²) < 4.78 is 27.9. The van der Waals surface area contributed by atoms with Crippen molar-refractivity contribution in [2.45, 2.75) is 80.9 Å². The van der Waals surface area contributed by atoms with Gasteiger partial charge in [-0.1, -0.05) is 0 Å². The molecule has 15 heteroatoms. The summed E-state index contributed by atoms with van der Waals surface area (Å²) in [5, 5.41) is 91.9. The van der Waals surface area contributed by atoms with Crippen LogP contribution in [0, 0.1) is 0 Å². The Morgan fingerprint density at radius 2 is 1.50 bits per heavy atom. The highest BCUT2D eigenvalue weighted by Crippen LogP contribution is 2.44. The molecule has 5 rings (SSSR count). The summed E-state index contributed by atoms with van der Waals surface area (Å²) in [5.41, 5.74) is -0.0213. The topological polar surface area (TPSA) is 245 Å². The van der Waals surface area contributed by atoms with Gasteiger partial charge in [-0.05, 0) is 25.1 Å². The van der Waals surface area contributed by atoms with Gasteiger partial charge in [0.15, 0.2) is 12.1 Å². The molecule has 2 fully saturated rings. The normalized spacial score (nSPS) is 36.6. The van der Waals surface area contributed by atoms with Crippen LogP contribution in [0.25, 0.3) is 0 Å². The quantitative estimate of drug-likeness (QED) is 0.173. The van der Waals surface area contributed by atoms with E-state index in [4.69, 9.17) is 23.7 Å². The van der Waals surface area contributed by atoms with Gasteiger partial charge in [-0.3, -0.25) is 4.79 Å². The molecular weight excluding hydrogens is 564 g/mol. The third-order valence-corrected chi connectivity index (χ3v) is 7.49. The van der Waals surface area contributed by atoms with E-state index in [9.17, 15) is 50.8 Å². The number of rotatable bonds is 6. The standard InChI is InChI=1S/C27H32O15/c1-9-20(32)22(34)24(36)26(39-9)38-8-18-21(33)23(35)25(37)27(42-18)40-11-5-14(30)19-15(31)7-16(41-17(19)6-11)12-4-10(28)2-3-13(12)29/h2-6,9,16,18,20-30,32-37H,7-8H2,1H3/t9-,16-,18+,20-,21+,22+,23-,24+,25+,26+,27+/m0/s1. The van der Waals surface area contributed by atoms with Gasteiger partial charge in [-0.15, -0.1) is 0 Å². The van der Waals surface area contributed by atoms with Crippen molar-refractivity contribution in [2.75, 3.05) is 6.61 Å². The van der Waals surface area contributed by atoms with Crippen molar-refractivity contribution >= 4 is 5.78 Å². The number of fused-ring (bicyclic) bond motifs is 1. The van der Waals surface area contributed by atoms with Crippen LogP contribution in [0.3, 0.4) is 0 Å². The van der Waals surface area contributed by atoms with E-state index in [0.717, 1.165) is 6.07 Å². The third kappa shape index (κ3) is 5.70. The van der Waals surface area contributed by atoms with Gasteiger partial charge >= 0.3 is 0 Å². The van der Waals surface area contributed by atoms with Crippen LogP contribution in [0.1, 0.15) is 35.4 Å². The lowest BCUT2D eigenvalue weighted by molar-refractivity contribution is -0.318. The molecule has 3 aliphatic heterocycles.